The van der Waals surface area contributed by atoms with Gasteiger partial charge in [0.15, 0.2) is 5.41 Å². The van der Waals surface area contributed by atoms with Crippen LogP contribution in [-0.2, 0) is 4.79 Å². The molecule has 0 aromatic carbocycles. The molecule has 2 atom stereocenters. The van der Waals surface area contributed by atoms with Crippen molar-refractivity contribution in [2.45, 2.75) is 25.4 Å². The number of carboxylic acids is 1. The molecule has 0 aliphatic heterocycles. The van der Waals surface area contributed by atoms with Gasteiger partial charge in [0, 0.05) is 0 Å². The maximum absolute atomic E-state index is 12.5. The second-order valence-electron chi connectivity index (χ2n) is 4.05. The molecule has 0 spiro atoms. The fourth-order valence-electron chi connectivity index (χ4n) is 2.32. The van der Waals surface area contributed by atoms with Crippen LogP contribution in [0.4, 0.5) is 13.2 Å². The summed E-state index contributed by atoms with van der Waals surface area (Å²) in [5, 5.41) is 8.62. The van der Waals surface area contributed by atoms with E-state index in [1.807, 2.05) is 0 Å². The van der Waals surface area contributed by atoms with Crippen LogP contribution in [0.25, 0.3) is 0 Å². The molecule has 0 heterocycles. The molecule has 1 N–H and O–H groups in total. The van der Waals surface area contributed by atoms with E-state index < -0.39 is 17.6 Å². The molecule has 2 aliphatic rings. The highest BCUT2D eigenvalue weighted by atomic mass is 19.4. The third-order valence-electron chi connectivity index (χ3n) is 3.24. The van der Waals surface area contributed by atoms with Gasteiger partial charge in [0.25, 0.3) is 0 Å². The minimum Gasteiger partial charge on any atom is -0.481 e. The van der Waals surface area contributed by atoms with Crippen LogP contribution in [-0.4, -0.2) is 17.3 Å². The van der Waals surface area contributed by atoms with E-state index in [2.05, 4.69) is 0 Å². The van der Waals surface area contributed by atoms with Crippen LogP contribution < -0.4 is 0 Å². The van der Waals surface area contributed by atoms with Crippen molar-refractivity contribution in [3.05, 3.63) is 0 Å². The van der Waals surface area contributed by atoms with Gasteiger partial charge < -0.3 is 5.11 Å². The lowest BCUT2D eigenvalue weighted by molar-refractivity contribution is -0.232. The number of alkyl halides is 3. The summed E-state index contributed by atoms with van der Waals surface area (Å²) < 4.78 is 37.4. The first-order valence-corrected chi connectivity index (χ1v) is 4.17. The van der Waals surface area contributed by atoms with Gasteiger partial charge in [-0.05, 0) is 31.1 Å². The molecule has 13 heavy (non-hydrogen) atoms. The maximum Gasteiger partial charge on any atom is 0.404 e. The van der Waals surface area contributed by atoms with Crippen molar-refractivity contribution in [1.29, 1.82) is 0 Å². The van der Waals surface area contributed by atoms with Crippen molar-refractivity contribution in [3.63, 3.8) is 0 Å². The highest BCUT2D eigenvalue weighted by molar-refractivity contribution is 5.76. The third kappa shape index (κ3) is 1.05. The van der Waals surface area contributed by atoms with Crippen LogP contribution in [0, 0.1) is 17.3 Å². The van der Waals surface area contributed by atoms with Crippen LogP contribution in [0.15, 0.2) is 0 Å². The summed E-state index contributed by atoms with van der Waals surface area (Å²) >= 11 is 0. The Morgan fingerprint density at radius 3 is 2.00 bits per heavy atom. The van der Waals surface area contributed by atoms with Crippen molar-refractivity contribution >= 4 is 5.97 Å². The molecular weight excluding hydrogens is 185 g/mol. The van der Waals surface area contributed by atoms with Crippen molar-refractivity contribution in [1.82, 2.24) is 0 Å². The van der Waals surface area contributed by atoms with Gasteiger partial charge in [0.2, 0.25) is 0 Å². The normalized spacial score (nSPS) is 43.0. The van der Waals surface area contributed by atoms with Crippen molar-refractivity contribution < 1.29 is 23.1 Å². The smallest absolute Gasteiger partial charge is 0.404 e. The maximum atomic E-state index is 12.5. The quantitative estimate of drug-likeness (QED) is 0.693. The molecule has 0 aromatic rings. The van der Waals surface area contributed by atoms with Crippen molar-refractivity contribution in [2.24, 2.45) is 17.3 Å². The fourth-order valence-corrected chi connectivity index (χ4v) is 2.32. The van der Waals surface area contributed by atoms with E-state index in [0.29, 0.717) is 0 Å². The predicted molar refractivity (Wildman–Crippen MR) is 37.0 cm³/mol. The molecule has 0 aromatic heterocycles. The van der Waals surface area contributed by atoms with Crippen LogP contribution in [0.5, 0.6) is 0 Å². The highest BCUT2D eigenvalue weighted by Gasteiger charge is 2.69. The Morgan fingerprint density at radius 1 is 1.31 bits per heavy atom. The Morgan fingerprint density at radius 2 is 1.77 bits per heavy atom. The summed E-state index contributed by atoms with van der Waals surface area (Å²) in [4.78, 5) is 10.6. The van der Waals surface area contributed by atoms with Gasteiger partial charge >= 0.3 is 12.1 Å². The lowest BCUT2D eigenvalue weighted by Crippen LogP contribution is -2.43. The summed E-state index contributed by atoms with van der Waals surface area (Å²) in [5.41, 5.74) is -2.43. The van der Waals surface area contributed by atoms with Gasteiger partial charge in [-0.3, -0.25) is 4.79 Å². The number of hydrogen-bond acceptors (Lipinski definition) is 1. The molecule has 5 heteroatoms. The first-order chi connectivity index (χ1) is 5.87. The van der Waals surface area contributed by atoms with Crippen LogP contribution in [0.2, 0.25) is 0 Å². The zero-order valence-corrected chi connectivity index (χ0v) is 6.77. The van der Waals surface area contributed by atoms with E-state index in [1.165, 1.54) is 0 Å². The van der Waals surface area contributed by atoms with E-state index in [4.69, 9.17) is 5.11 Å². The fraction of sp³-hybridized carbons (Fsp3) is 0.875. The first-order valence-electron chi connectivity index (χ1n) is 4.17. The van der Waals surface area contributed by atoms with Gasteiger partial charge in [-0.25, -0.2) is 0 Å². The molecule has 0 amide bonds. The number of rotatable bonds is 1. The third-order valence-corrected chi connectivity index (χ3v) is 3.24. The summed E-state index contributed by atoms with van der Waals surface area (Å²) in [6, 6.07) is 0. The number of aliphatic carboxylic acids is 1. The molecule has 0 bridgehead atoms. The highest BCUT2D eigenvalue weighted by Crippen LogP contribution is 2.64. The van der Waals surface area contributed by atoms with Crippen LogP contribution in [0.3, 0.4) is 0 Å². The van der Waals surface area contributed by atoms with E-state index in [-0.39, 0.29) is 24.7 Å². The minimum absolute atomic E-state index is 0.0118. The Bertz CT molecular complexity index is 249. The largest absolute Gasteiger partial charge is 0.481 e. The summed E-state index contributed by atoms with van der Waals surface area (Å²) in [6.45, 7) is 0. The van der Waals surface area contributed by atoms with Gasteiger partial charge in [-0.1, -0.05) is 0 Å². The average molecular weight is 194 g/mol. The molecule has 2 saturated carbocycles. The number of carboxylic acid groups (broad SMARTS) is 1. The minimum atomic E-state index is -4.59. The first kappa shape index (κ1) is 8.84. The molecule has 2 aliphatic carbocycles. The van der Waals surface area contributed by atoms with Gasteiger partial charge in [0.1, 0.15) is 0 Å². The predicted octanol–water partition coefficient (Wildman–Crippen LogP) is 2.05. The number of fused-ring (bicyclic) bond motifs is 1. The Kier molecular flexibility index (Phi) is 1.49. The Labute approximate surface area is 72.7 Å². The van der Waals surface area contributed by atoms with Gasteiger partial charge in [0.05, 0.1) is 0 Å². The number of halogens is 3. The Balaban J connectivity index is 2.27. The monoisotopic (exact) mass is 194 g/mol. The summed E-state index contributed by atoms with van der Waals surface area (Å²) in [6.07, 6.45) is -4.23. The van der Waals surface area contributed by atoms with Crippen molar-refractivity contribution in [2.75, 3.05) is 0 Å². The Hall–Kier alpha value is -0.740. The second-order valence-corrected chi connectivity index (χ2v) is 4.05. The lowest BCUT2D eigenvalue weighted by atomic mass is 9.82. The standard InChI is InChI=1S/C8H9F3O2/c9-8(10,11)7(6(12)13)2-4-1-5(4)3-7/h4-5H,1-3H2,(H,12,13). The summed E-state index contributed by atoms with van der Waals surface area (Å²) in [7, 11) is 0. The van der Waals surface area contributed by atoms with E-state index >= 15 is 0 Å². The van der Waals surface area contributed by atoms with Gasteiger partial charge in [-0.15, -0.1) is 0 Å². The van der Waals surface area contributed by atoms with Crippen LogP contribution >= 0.6 is 0 Å². The van der Waals surface area contributed by atoms with Crippen LogP contribution in [0.1, 0.15) is 19.3 Å². The molecule has 0 radical (unpaired) electrons. The molecule has 0 saturated heterocycles. The average Bonchev–Trinajstić information content (AvgIpc) is 2.56. The van der Waals surface area contributed by atoms with Gasteiger partial charge in [-0.2, -0.15) is 13.2 Å². The van der Waals surface area contributed by atoms with Crippen molar-refractivity contribution in [3.8, 4) is 0 Å². The molecular formula is C8H9F3O2. The van der Waals surface area contributed by atoms with E-state index in [0.717, 1.165) is 6.42 Å². The molecule has 2 nitrogen and oxygen atoms in total. The number of hydrogen-bond donors (Lipinski definition) is 1. The molecule has 2 fully saturated rings. The molecule has 2 unspecified atom stereocenters. The zero-order chi connectivity index (χ0) is 9.85. The number of carbonyl (C=O) groups is 1. The van der Waals surface area contributed by atoms with E-state index in [9.17, 15) is 18.0 Å². The van der Waals surface area contributed by atoms with E-state index in [1.54, 1.807) is 0 Å². The molecule has 2 rings (SSSR count). The zero-order valence-electron chi connectivity index (χ0n) is 6.77. The SMILES string of the molecule is O=C(O)C1(C(F)(F)F)CC2CC2C1. The topological polar surface area (TPSA) is 37.3 Å². The lowest BCUT2D eigenvalue weighted by Gasteiger charge is -2.28. The summed E-state index contributed by atoms with van der Waals surface area (Å²) in [5.74, 6) is -1.68. The second kappa shape index (κ2) is 2.19. The molecule has 74 valence electrons.